The standard InChI is InChI=1S/C19H17N5O3S/c1-11-15-13(23-24-17(25)12-4-3-7-20-10-12)5-2-6-14(15)27-16(11)18(26)22-19-21-8-9-28-19/h3-4,7-10H,2,5-6H2,1H3,(H,24,25)(H,21,22,26)/b23-13+. The molecule has 0 saturated heterocycles. The van der Waals surface area contributed by atoms with Crippen molar-refractivity contribution in [3.8, 4) is 0 Å². The number of fused-ring (bicyclic) bond motifs is 1. The predicted octanol–water partition coefficient (Wildman–Crippen LogP) is 3.16. The number of amides is 2. The maximum absolute atomic E-state index is 12.6. The predicted molar refractivity (Wildman–Crippen MR) is 105 cm³/mol. The molecule has 0 unspecified atom stereocenters. The van der Waals surface area contributed by atoms with Crippen LogP contribution in [-0.2, 0) is 6.42 Å². The van der Waals surface area contributed by atoms with Gasteiger partial charge in [-0.1, -0.05) is 0 Å². The average molecular weight is 395 g/mol. The van der Waals surface area contributed by atoms with Gasteiger partial charge in [0.25, 0.3) is 11.8 Å². The molecule has 0 fully saturated rings. The number of nitrogens with zero attached hydrogens (tertiary/aromatic N) is 3. The summed E-state index contributed by atoms with van der Waals surface area (Å²) in [6, 6.07) is 3.35. The van der Waals surface area contributed by atoms with E-state index in [1.807, 2.05) is 6.92 Å². The van der Waals surface area contributed by atoms with Crippen molar-refractivity contribution in [2.24, 2.45) is 5.10 Å². The van der Waals surface area contributed by atoms with Crippen molar-refractivity contribution in [1.82, 2.24) is 15.4 Å². The van der Waals surface area contributed by atoms with Crippen molar-refractivity contribution in [2.45, 2.75) is 26.2 Å². The molecule has 0 aliphatic heterocycles. The lowest BCUT2D eigenvalue weighted by Gasteiger charge is -2.13. The minimum atomic E-state index is -0.347. The topological polar surface area (TPSA) is 109 Å². The molecule has 1 aliphatic rings. The molecule has 0 radical (unpaired) electrons. The number of pyridine rings is 1. The average Bonchev–Trinajstić information content (AvgIpc) is 3.35. The van der Waals surface area contributed by atoms with Crippen LogP contribution in [0.25, 0.3) is 0 Å². The number of nitrogens with one attached hydrogen (secondary N) is 2. The molecule has 2 N–H and O–H groups in total. The number of carbonyl (C=O) groups is 2. The van der Waals surface area contributed by atoms with Gasteiger partial charge < -0.3 is 4.42 Å². The monoisotopic (exact) mass is 395 g/mol. The molecule has 142 valence electrons. The number of rotatable bonds is 4. The Morgan fingerprint density at radius 2 is 2.14 bits per heavy atom. The highest BCUT2D eigenvalue weighted by Crippen LogP contribution is 2.30. The molecule has 8 nitrogen and oxygen atoms in total. The van der Waals surface area contributed by atoms with Crippen LogP contribution in [0.1, 0.15) is 50.6 Å². The van der Waals surface area contributed by atoms with Crippen LogP contribution in [0, 0.1) is 6.92 Å². The van der Waals surface area contributed by atoms with E-state index in [1.54, 1.807) is 29.9 Å². The van der Waals surface area contributed by atoms with Crippen LogP contribution in [0.2, 0.25) is 0 Å². The third kappa shape index (κ3) is 3.56. The van der Waals surface area contributed by atoms with Crippen molar-refractivity contribution < 1.29 is 14.0 Å². The summed E-state index contributed by atoms with van der Waals surface area (Å²) in [4.78, 5) is 32.8. The summed E-state index contributed by atoms with van der Waals surface area (Å²) in [6.45, 7) is 1.82. The maximum atomic E-state index is 12.6. The van der Waals surface area contributed by atoms with Crippen LogP contribution in [0.15, 0.2) is 45.6 Å². The van der Waals surface area contributed by atoms with E-state index >= 15 is 0 Å². The Labute approximate surface area is 164 Å². The number of anilines is 1. The fraction of sp³-hybridized carbons (Fsp3) is 0.211. The second-order valence-electron chi connectivity index (χ2n) is 6.24. The minimum Gasteiger partial charge on any atom is -0.455 e. The number of hydrogen-bond acceptors (Lipinski definition) is 7. The van der Waals surface area contributed by atoms with Gasteiger partial charge in [0.2, 0.25) is 0 Å². The van der Waals surface area contributed by atoms with Gasteiger partial charge in [-0.15, -0.1) is 11.3 Å². The van der Waals surface area contributed by atoms with Gasteiger partial charge in [-0.3, -0.25) is 19.9 Å². The molecule has 9 heteroatoms. The molecule has 0 saturated carbocycles. The van der Waals surface area contributed by atoms with Gasteiger partial charge >= 0.3 is 0 Å². The Balaban J connectivity index is 1.58. The van der Waals surface area contributed by atoms with Gasteiger partial charge in [0.1, 0.15) is 5.76 Å². The fourth-order valence-electron chi connectivity index (χ4n) is 3.12. The lowest BCUT2D eigenvalue weighted by molar-refractivity contribution is 0.0953. The Morgan fingerprint density at radius 3 is 2.89 bits per heavy atom. The fourth-order valence-corrected chi connectivity index (χ4v) is 3.64. The third-order valence-electron chi connectivity index (χ3n) is 4.40. The maximum Gasteiger partial charge on any atom is 0.293 e. The lowest BCUT2D eigenvalue weighted by atomic mass is 9.93. The van der Waals surface area contributed by atoms with Crippen molar-refractivity contribution in [3.05, 3.63) is 64.3 Å². The second-order valence-corrected chi connectivity index (χ2v) is 7.13. The summed E-state index contributed by atoms with van der Waals surface area (Å²) >= 11 is 1.34. The Morgan fingerprint density at radius 1 is 1.25 bits per heavy atom. The molecule has 3 heterocycles. The van der Waals surface area contributed by atoms with E-state index in [9.17, 15) is 9.59 Å². The quantitative estimate of drug-likeness (QED) is 0.660. The lowest BCUT2D eigenvalue weighted by Crippen LogP contribution is -2.22. The summed E-state index contributed by atoms with van der Waals surface area (Å²) in [5, 5.41) is 9.32. The first-order valence-electron chi connectivity index (χ1n) is 8.74. The summed E-state index contributed by atoms with van der Waals surface area (Å²) in [5.74, 6) is 0.270. The van der Waals surface area contributed by atoms with Crippen LogP contribution < -0.4 is 10.7 Å². The minimum absolute atomic E-state index is 0.244. The molecule has 0 aromatic carbocycles. The van der Waals surface area contributed by atoms with E-state index in [1.165, 1.54) is 17.5 Å². The van der Waals surface area contributed by atoms with Crippen LogP contribution in [0.3, 0.4) is 0 Å². The Kier molecular flexibility index (Phi) is 4.98. The van der Waals surface area contributed by atoms with Gasteiger partial charge in [0.05, 0.1) is 11.3 Å². The van der Waals surface area contributed by atoms with Gasteiger partial charge in [0.15, 0.2) is 10.9 Å². The van der Waals surface area contributed by atoms with E-state index in [0.29, 0.717) is 34.2 Å². The number of furan rings is 1. The van der Waals surface area contributed by atoms with Crippen molar-refractivity contribution in [1.29, 1.82) is 0 Å². The molecule has 2 amide bonds. The van der Waals surface area contributed by atoms with Gasteiger partial charge in [-0.25, -0.2) is 10.4 Å². The first-order valence-corrected chi connectivity index (χ1v) is 9.62. The Bertz CT molecular complexity index is 1040. The summed E-state index contributed by atoms with van der Waals surface area (Å²) in [5.41, 5.74) is 5.20. The molecule has 3 aromatic rings. The van der Waals surface area contributed by atoms with Gasteiger partial charge in [-0.05, 0) is 31.9 Å². The first-order chi connectivity index (χ1) is 13.6. The highest BCUT2D eigenvalue weighted by molar-refractivity contribution is 7.13. The Hall–Kier alpha value is -3.33. The number of carbonyl (C=O) groups excluding carboxylic acids is 2. The summed E-state index contributed by atoms with van der Waals surface area (Å²) < 4.78 is 5.83. The second kappa shape index (κ2) is 7.73. The summed E-state index contributed by atoms with van der Waals surface area (Å²) in [7, 11) is 0. The van der Waals surface area contributed by atoms with E-state index < -0.39 is 0 Å². The zero-order valence-electron chi connectivity index (χ0n) is 15.1. The molecule has 4 rings (SSSR count). The summed E-state index contributed by atoms with van der Waals surface area (Å²) in [6.07, 6.45) is 6.94. The molecule has 0 atom stereocenters. The van der Waals surface area contributed by atoms with Crippen molar-refractivity contribution >= 4 is 34.0 Å². The largest absolute Gasteiger partial charge is 0.455 e. The zero-order valence-corrected chi connectivity index (χ0v) is 15.9. The molecule has 3 aromatic heterocycles. The van der Waals surface area contributed by atoms with E-state index in [4.69, 9.17) is 4.42 Å². The van der Waals surface area contributed by atoms with Gasteiger partial charge in [0, 0.05) is 41.5 Å². The normalized spacial score (nSPS) is 14.5. The van der Waals surface area contributed by atoms with Crippen LogP contribution >= 0.6 is 11.3 Å². The molecule has 0 spiro atoms. The smallest absolute Gasteiger partial charge is 0.293 e. The molecule has 1 aliphatic carbocycles. The number of hydrazone groups is 1. The number of aromatic nitrogens is 2. The first kappa shape index (κ1) is 18.1. The molecule has 28 heavy (non-hydrogen) atoms. The van der Waals surface area contributed by atoms with Gasteiger partial charge in [-0.2, -0.15) is 5.10 Å². The van der Waals surface area contributed by atoms with E-state index in [0.717, 1.165) is 18.4 Å². The van der Waals surface area contributed by atoms with Crippen LogP contribution in [-0.4, -0.2) is 27.5 Å². The highest BCUT2D eigenvalue weighted by atomic mass is 32.1. The molecular weight excluding hydrogens is 378 g/mol. The zero-order chi connectivity index (χ0) is 19.5. The van der Waals surface area contributed by atoms with E-state index in [-0.39, 0.29) is 17.6 Å². The van der Waals surface area contributed by atoms with Crippen LogP contribution in [0.4, 0.5) is 5.13 Å². The van der Waals surface area contributed by atoms with Crippen LogP contribution in [0.5, 0.6) is 0 Å². The molecular formula is C19H17N5O3S. The van der Waals surface area contributed by atoms with Crippen molar-refractivity contribution in [2.75, 3.05) is 5.32 Å². The third-order valence-corrected chi connectivity index (χ3v) is 5.09. The SMILES string of the molecule is Cc1c(C(=O)Nc2nccs2)oc2c1/C(=N/NC(=O)c1cccnc1)CCC2. The highest BCUT2D eigenvalue weighted by Gasteiger charge is 2.28. The molecule has 0 bridgehead atoms. The number of hydrogen-bond donors (Lipinski definition) is 2. The van der Waals surface area contributed by atoms with E-state index in [2.05, 4.69) is 25.8 Å². The number of thiazole rings is 1. The number of aryl methyl sites for hydroxylation is 1. The van der Waals surface area contributed by atoms with Crippen molar-refractivity contribution in [3.63, 3.8) is 0 Å².